The van der Waals surface area contributed by atoms with Crippen molar-refractivity contribution in [3.63, 3.8) is 0 Å². The third-order valence-electron chi connectivity index (χ3n) is 4.75. The number of hydrogen-bond acceptors (Lipinski definition) is 4. The second-order valence-corrected chi connectivity index (χ2v) is 6.53. The molecule has 29 heavy (non-hydrogen) atoms. The molecule has 2 aromatic carbocycles. The predicted molar refractivity (Wildman–Crippen MR) is 99.6 cm³/mol. The molecule has 0 saturated heterocycles. The maximum Gasteiger partial charge on any atom is 0.433 e. The highest BCUT2D eigenvalue weighted by molar-refractivity contribution is 5.87. The molecule has 1 aromatic heterocycles. The van der Waals surface area contributed by atoms with Crippen molar-refractivity contribution < 1.29 is 27.8 Å². The van der Waals surface area contributed by atoms with Crippen molar-refractivity contribution in [1.29, 1.82) is 0 Å². The van der Waals surface area contributed by atoms with Crippen molar-refractivity contribution in [2.75, 3.05) is 11.9 Å². The summed E-state index contributed by atoms with van der Waals surface area (Å²) in [5.74, 6) is -0.781. The molecular formula is C21H15F3N2O3. The summed E-state index contributed by atoms with van der Waals surface area (Å²) in [5.41, 5.74) is 2.46. The number of nitrogens with one attached hydrogen (secondary N) is 1. The number of anilines is 1. The topological polar surface area (TPSA) is 71.5 Å². The Kier molecular flexibility index (Phi) is 4.62. The maximum atomic E-state index is 12.8. The van der Waals surface area contributed by atoms with Gasteiger partial charge in [-0.1, -0.05) is 48.5 Å². The van der Waals surface area contributed by atoms with Crippen molar-refractivity contribution in [3.8, 4) is 16.9 Å². The first-order valence-corrected chi connectivity index (χ1v) is 8.73. The molecule has 3 aromatic rings. The fraction of sp³-hybridized carbons (Fsp3) is 0.143. The first kappa shape index (κ1) is 18.8. The maximum absolute atomic E-state index is 12.8. The lowest BCUT2D eigenvalue weighted by Crippen LogP contribution is -2.18. The van der Waals surface area contributed by atoms with Gasteiger partial charge in [-0.3, -0.25) is 5.32 Å². The Balaban J connectivity index is 1.50. The van der Waals surface area contributed by atoms with Gasteiger partial charge in [0.2, 0.25) is 0 Å². The van der Waals surface area contributed by atoms with Crippen molar-refractivity contribution in [2.24, 2.45) is 0 Å². The van der Waals surface area contributed by atoms with Crippen LogP contribution in [0.2, 0.25) is 0 Å². The summed E-state index contributed by atoms with van der Waals surface area (Å²) in [4.78, 5) is 15.3. The SMILES string of the molecule is O=C(Nc1cc(C(F)(F)F)ncc1O)OCC1c2ccccc2-c2ccccc21. The number of fused-ring (bicyclic) bond motifs is 3. The number of halogens is 3. The number of pyridine rings is 1. The standard InChI is InChI=1S/C21H15F3N2O3/c22-21(23,24)19-9-17(18(27)10-25-19)26-20(28)29-11-16-14-7-3-1-5-12(14)13-6-2-4-8-15(13)16/h1-10,16,27H,11H2,(H,25,26,28). The van der Waals surface area contributed by atoms with Gasteiger partial charge in [-0.05, 0) is 28.3 Å². The van der Waals surface area contributed by atoms with E-state index >= 15 is 0 Å². The number of alkyl halides is 3. The molecule has 8 heteroatoms. The molecule has 0 atom stereocenters. The molecule has 4 rings (SSSR count). The van der Waals surface area contributed by atoms with E-state index in [2.05, 4.69) is 10.3 Å². The van der Waals surface area contributed by atoms with Crippen LogP contribution in [0.5, 0.6) is 5.75 Å². The second kappa shape index (κ2) is 7.12. The van der Waals surface area contributed by atoms with Gasteiger partial charge in [0.15, 0.2) is 5.75 Å². The van der Waals surface area contributed by atoms with E-state index in [9.17, 15) is 23.1 Å². The molecular weight excluding hydrogens is 385 g/mol. The quantitative estimate of drug-likeness (QED) is 0.637. The van der Waals surface area contributed by atoms with Gasteiger partial charge < -0.3 is 9.84 Å². The zero-order valence-corrected chi connectivity index (χ0v) is 14.9. The van der Waals surface area contributed by atoms with Crippen LogP contribution < -0.4 is 5.32 Å². The molecule has 0 radical (unpaired) electrons. The lowest BCUT2D eigenvalue weighted by Gasteiger charge is -2.15. The fourth-order valence-corrected chi connectivity index (χ4v) is 3.45. The van der Waals surface area contributed by atoms with Gasteiger partial charge in [0, 0.05) is 5.92 Å². The predicted octanol–water partition coefficient (Wildman–Crippen LogP) is 5.17. The van der Waals surface area contributed by atoms with Gasteiger partial charge in [0.25, 0.3) is 0 Å². The smallest absolute Gasteiger partial charge is 0.433 e. The highest BCUT2D eigenvalue weighted by Gasteiger charge is 2.33. The van der Waals surface area contributed by atoms with Crippen LogP contribution in [-0.2, 0) is 10.9 Å². The van der Waals surface area contributed by atoms with E-state index in [-0.39, 0.29) is 12.5 Å². The Morgan fingerprint density at radius 2 is 1.66 bits per heavy atom. The second-order valence-electron chi connectivity index (χ2n) is 6.53. The molecule has 1 aliphatic rings. The van der Waals surface area contributed by atoms with E-state index in [1.807, 2.05) is 48.5 Å². The number of carbonyl (C=O) groups excluding carboxylic acids is 1. The van der Waals surface area contributed by atoms with E-state index in [4.69, 9.17) is 4.74 Å². The Bertz CT molecular complexity index is 1040. The van der Waals surface area contributed by atoms with Gasteiger partial charge in [0.1, 0.15) is 12.3 Å². The summed E-state index contributed by atoms with van der Waals surface area (Å²) in [6, 6.07) is 16.1. The van der Waals surface area contributed by atoms with Gasteiger partial charge in [-0.15, -0.1) is 0 Å². The van der Waals surface area contributed by atoms with Crippen molar-refractivity contribution in [2.45, 2.75) is 12.1 Å². The molecule has 1 heterocycles. The van der Waals surface area contributed by atoms with Crippen LogP contribution in [0.25, 0.3) is 11.1 Å². The highest BCUT2D eigenvalue weighted by Crippen LogP contribution is 2.44. The van der Waals surface area contributed by atoms with Crippen LogP contribution in [0, 0.1) is 0 Å². The summed E-state index contributed by atoms with van der Waals surface area (Å²) in [6.45, 7) is -0.00215. The molecule has 0 fully saturated rings. The number of amides is 1. The summed E-state index contributed by atoms with van der Waals surface area (Å²) in [7, 11) is 0. The van der Waals surface area contributed by atoms with Crippen molar-refractivity contribution >= 4 is 11.8 Å². The number of hydrogen-bond donors (Lipinski definition) is 2. The molecule has 0 spiro atoms. The number of aromatic nitrogens is 1. The molecule has 0 saturated carbocycles. The van der Waals surface area contributed by atoms with Crippen LogP contribution in [0.3, 0.4) is 0 Å². The third-order valence-corrected chi connectivity index (χ3v) is 4.75. The van der Waals surface area contributed by atoms with Gasteiger partial charge >= 0.3 is 12.3 Å². The summed E-state index contributed by atoms with van der Waals surface area (Å²) in [5, 5.41) is 11.8. The van der Waals surface area contributed by atoms with Crippen molar-refractivity contribution in [1.82, 2.24) is 4.98 Å². The highest BCUT2D eigenvalue weighted by atomic mass is 19.4. The number of aromatic hydroxyl groups is 1. The third kappa shape index (κ3) is 3.61. The summed E-state index contributed by atoms with van der Waals surface area (Å²) in [6.07, 6.45) is -5.05. The number of ether oxygens (including phenoxy) is 1. The van der Waals surface area contributed by atoms with E-state index < -0.39 is 29.4 Å². The van der Waals surface area contributed by atoms with E-state index in [1.165, 1.54) is 0 Å². The van der Waals surface area contributed by atoms with Gasteiger partial charge in [-0.25, -0.2) is 9.78 Å². The first-order chi connectivity index (χ1) is 13.8. The fourth-order valence-electron chi connectivity index (χ4n) is 3.45. The Hall–Kier alpha value is -3.55. The van der Waals surface area contributed by atoms with Gasteiger partial charge in [0.05, 0.1) is 11.9 Å². The molecule has 5 nitrogen and oxygen atoms in total. The largest absolute Gasteiger partial charge is 0.504 e. The van der Waals surface area contributed by atoms with E-state index in [1.54, 1.807) is 0 Å². The number of carbonyl (C=O) groups is 1. The normalized spacial score (nSPS) is 12.9. The lowest BCUT2D eigenvalue weighted by molar-refractivity contribution is -0.141. The van der Waals surface area contributed by atoms with Crippen molar-refractivity contribution in [3.05, 3.63) is 77.6 Å². The Morgan fingerprint density at radius 3 is 2.24 bits per heavy atom. The van der Waals surface area contributed by atoms with E-state index in [0.29, 0.717) is 12.3 Å². The first-order valence-electron chi connectivity index (χ1n) is 8.73. The molecule has 0 aliphatic heterocycles. The van der Waals surface area contributed by atoms with Crippen LogP contribution in [0.15, 0.2) is 60.8 Å². The molecule has 0 unspecified atom stereocenters. The molecule has 1 aliphatic carbocycles. The number of nitrogens with zero attached hydrogens (tertiary/aromatic N) is 1. The summed E-state index contributed by atoms with van der Waals surface area (Å²) < 4.78 is 43.6. The molecule has 1 amide bonds. The minimum absolute atomic E-state index is 0.00215. The van der Waals surface area contributed by atoms with Crippen LogP contribution >= 0.6 is 0 Å². The minimum Gasteiger partial charge on any atom is -0.504 e. The number of benzene rings is 2. The monoisotopic (exact) mass is 400 g/mol. The van der Waals surface area contributed by atoms with Crippen LogP contribution in [0.1, 0.15) is 22.7 Å². The van der Waals surface area contributed by atoms with Gasteiger partial charge in [-0.2, -0.15) is 13.2 Å². The molecule has 2 N–H and O–H groups in total. The average molecular weight is 400 g/mol. The van der Waals surface area contributed by atoms with E-state index in [0.717, 1.165) is 22.3 Å². The Labute approximate surface area is 163 Å². The number of rotatable bonds is 3. The van der Waals surface area contributed by atoms with Crippen LogP contribution in [0.4, 0.5) is 23.7 Å². The minimum atomic E-state index is -4.70. The zero-order valence-electron chi connectivity index (χ0n) is 14.9. The molecule has 0 bridgehead atoms. The zero-order chi connectivity index (χ0) is 20.6. The summed E-state index contributed by atoms with van der Waals surface area (Å²) >= 11 is 0. The Morgan fingerprint density at radius 1 is 1.07 bits per heavy atom. The average Bonchev–Trinajstić information content (AvgIpc) is 3.01. The lowest BCUT2D eigenvalue weighted by atomic mass is 9.98. The van der Waals surface area contributed by atoms with Crippen LogP contribution in [-0.4, -0.2) is 22.8 Å². The molecule has 148 valence electrons.